The van der Waals surface area contributed by atoms with Crippen LogP contribution < -0.4 is 10.5 Å². The highest BCUT2D eigenvalue weighted by molar-refractivity contribution is 5.75. The molecule has 0 radical (unpaired) electrons. The van der Waals surface area contributed by atoms with E-state index in [-0.39, 0.29) is 0 Å². The first-order valence-electron chi connectivity index (χ1n) is 7.41. The lowest BCUT2D eigenvalue weighted by atomic mass is 10.0. The van der Waals surface area contributed by atoms with Gasteiger partial charge in [0, 0.05) is 0 Å². The second-order valence-corrected chi connectivity index (χ2v) is 5.59. The Labute approximate surface area is 134 Å². The Kier molecular flexibility index (Phi) is 3.17. The van der Waals surface area contributed by atoms with E-state index in [1.807, 2.05) is 80.0 Å². The minimum Gasteiger partial charge on any atom is -0.220 e. The van der Waals surface area contributed by atoms with Gasteiger partial charge in [-0.15, -0.1) is 5.10 Å². The van der Waals surface area contributed by atoms with E-state index in [1.165, 1.54) is 0 Å². The average Bonchev–Trinajstić information content (AvgIpc) is 3.25. The molecule has 1 N–H and O–H groups in total. The summed E-state index contributed by atoms with van der Waals surface area (Å²) in [5.74, 6) is 0. The molecular formula is C17H16N6. The molecule has 0 saturated carbocycles. The number of rotatable bonds is 3. The normalized spacial score (nSPS) is 20.1. The molecule has 0 bridgehead atoms. The predicted molar refractivity (Wildman–Crippen MR) is 89.3 cm³/mol. The van der Waals surface area contributed by atoms with Crippen molar-refractivity contribution in [2.45, 2.75) is 12.5 Å². The third kappa shape index (κ3) is 2.49. The first kappa shape index (κ1) is 13.7. The quantitative estimate of drug-likeness (QED) is 0.807. The first-order chi connectivity index (χ1) is 11.2. The Hall–Kier alpha value is -2.99. The minimum absolute atomic E-state index is 0.497. The number of aromatic nitrogens is 3. The third-order valence-corrected chi connectivity index (χ3v) is 3.82. The van der Waals surface area contributed by atoms with Crippen molar-refractivity contribution in [3.8, 4) is 5.69 Å². The molecule has 1 aliphatic heterocycles. The van der Waals surface area contributed by atoms with Crippen LogP contribution in [-0.4, -0.2) is 21.2 Å². The molecule has 6 nitrogen and oxygen atoms in total. The highest BCUT2D eigenvalue weighted by Crippen LogP contribution is 2.25. The predicted octanol–water partition coefficient (Wildman–Crippen LogP) is 2.49. The molecule has 1 aliphatic rings. The molecule has 1 aromatic heterocycles. The molecule has 3 aromatic rings. The van der Waals surface area contributed by atoms with Gasteiger partial charge in [-0.2, -0.15) is 15.6 Å². The van der Waals surface area contributed by atoms with Gasteiger partial charge in [0.05, 0.1) is 23.8 Å². The summed E-state index contributed by atoms with van der Waals surface area (Å²) in [6.45, 7) is 2.03. The number of nitrogens with zero attached hydrogens (tertiary/aromatic N) is 5. The molecule has 0 spiro atoms. The van der Waals surface area contributed by atoms with Crippen molar-refractivity contribution < 1.29 is 0 Å². The van der Waals surface area contributed by atoms with Gasteiger partial charge in [-0.1, -0.05) is 41.6 Å². The topological polar surface area (TPSA) is 58.3 Å². The summed E-state index contributed by atoms with van der Waals surface area (Å²) in [5, 5.41) is 14.7. The molecule has 0 fully saturated rings. The fraction of sp³-hybridized carbons (Fsp3) is 0.118. The van der Waals surface area contributed by atoms with Crippen LogP contribution in [0.2, 0.25) is 0 Å². The number of benzene rings is 2. The monoisotopic (exact) mass is 304 g/mol. The standard InChI is InChI=1S/C17H16N6/c1-17(13-18-23(20-17)15-10-6-3-7-11-15)16-12-22(21-19-16)14-8-4-2-5-9-14/h2-13,20H,1H3. The van der Waals surface area contributed by atoms with E-state index in [9.17, 15) is 0 Å². The van der Waals surface area contributed by atoms with Crippen molar-refractivity contribution in [1.82, 2.24) is 20.4 Å². The van der Waals surface area contributed by atoms with Crippen LogP contribution in [0.25, 0.3) is 5.69 Å². The van der Waals surface area contributed by atoms with Crippen molar-refractivity contribution in [3.05, 3.63) is 72.6 Å². The Bertz CT molecular complexity index is 827. The lowest BCUT2D eigenvalue weighted by molar-refractivity contribution is 0.499. The molecule has 0 saturated heterocycles. The van der Waals surface area contributed by atoms with Crippen molar-refractivity contribution in [3.63, 3.8) is 0 Å². The molecule has 6 heteroatoms. The highest BCUT2D eigenvalue weighted by atomic mass is 15.7. The number of hydrogen-bond acceptors (Lipinski definition) is 5. The van der Waals surface area contributed by atoms with Crippen LogP contribution in [0.15, 0.2) is 72.0 Å². The van der Waals surface area contributed by atoms with Gasteiger partial charge in [-0.3, -0.25) is 0 Å². The number of hydrogen-bond donors (Lipinski definition) is 1. The second kappa shape index (κ2) is 5.33. The van der Waals surface area contributed by atoms with E-state index < -0.39 is 5.54 Å². The van der Waals surface area contributed by atoms with Gasteiger partial charge in [0.1, 0.15) is 11.2 Å². The third-order valence-electron chi connectivity index (χ3n) is 3.82. The Morgan fingerprint density at radius 3 is 2.26 bits per heavy atom. The van der Waals surface area contributed by atoms with E-state index in [4.69, 9.17) is 0 Å². The summed E-state index contributed by atoms with van der Waals surface area (Å²) in [6, 6.07) is 19.9. The fourth-order valence-electron chi connectivity index (χ4n) is 2.48. The maximum absolute atomic E-state index is 4.44. The first-order valence-corrected chi connectivity index (χ1v) is 7.41. The van der Waals surface area contributed by atoms with Gasteiger partial charge >= 0.3 is 0 Å². The lowest BCUT2D eigenvalue weighted by Gasteiger charge is -2.23. The summed E-state index contributed by atoms with van der Waals surface area (Å²) in [4.78, 5) is 0. The van der Waals surface area contributed by atoms with Gasteiger partial charge in [0.15, 0.2) is 0 Å². The van der Waals surface area contributed by atoms with Gasteiger partial charge in [0.25, 0.3) is 0 Å². The minimum atomic E-state index is -0.497. The fourth-order valence-corrected chi connectivity index (χ4v) is 2.48. The summed E-state index contributed by atoms with van der Waals surface area (Å²) in [7, 11) is 0. The maximum Gasteiger partial charge on any atom is 0.119 e. The molecular weight excluding hydrogens is 288 g/mol. The van der Waals surface area contributed by atoms with E-state index in [2.05, 4.69) is 20.8 Å². The summed E-state index contributed by atoms with van der Waals surface area (Å²) >= 11 is 0. The van der Waals surface area contributed by atoms with Gasteiger partial charge in [-0.05, 0) is 31.2 Å². The molecule has 4 rings (SSSR count). The average molecular weight is 304 g/mol. The summed E-state index contributed by atoms with van der Waals surface area (Å²) in [6.07, 6.45) is 3.77. The van der Waals surface area contributed by atoms with Crippen LogP contribution in [0.1, 0.15) is 12.6 Å². The Morgan fingerprint density at radius 2 is 1.57 bits per heavy atom. The van der Waals surface area contributed by atoms with Crippen molar-refractivity contribution in [2.75, 3.05) is 5.12 Å². The molecule has 1 unspecified atom stereocenters. The number of hydrazine groups is 1. The molecule has 0 aliphatic carbocycles. The van der Waals surface area contributed by atoms with E-state index >= 15 is 0 Å². The van der Waals surface area contributed by atoms with Crippen molar-refractivity contribution in [1.29, 1.82) is 0 Å². The zero-order chi connectivity index (χ0) is 15.7. The summed E-state index contributed by atoms with van der Waals surface area (Å²) < 4.78 is 1.77. The van der Waals surface area contributed by atoms with Crippen LogP contribution in [-0.2, 0) is 5.54 Å². The summed E-state index contributed by atoms with van der Waals surface area (Å²) in [5.41, 5.74) is 5.62. The molecule has 114 valence electrons. The molecule has 2 aromatic carbocycles. The number of nitrogens with one attached hydrogen (secondary N) is 1. The zero-order valence-electron chi connectivity index (χ0n) is 12.7. The van der Waals surface area contributed by atoms with Crippen LogP contribution in [0, 0.1) is 0 Å². The van der Waals surface area contributed by atoms with Crippen LogP contribution in [0.3, 0.4) is 0 Å². The smallest absolute Gasteiger partial charge is 0.119 e. The number of anilines is 1. The Morgan fingerprint density at radius 1 is 0.913 bits per heavy atom. The maximum atomic E-state index is 4.44. The zero-order valence-corrected chi connectivity index (χ0v) is 12.7. The van der Waals surface area contributed by atoms with Gasteiger partial charge in [-0.25, -0.2) is 4.68 Å². The van der Waals surface area contributed by atoms with E-state index in [0.29, 0.717) is 0 Å². The number of para-hydroxylation sites is 2. The lowest BCUT2D eigenvalue weighted by Crippen LogP contribution is -2.44. The van der Waals surface area contributed by atoms with E-state index in [0.717, 1.165) is 17.1 Å². The van der Waals surface area contributed by atoms with Gasteiger partial charge < -0.3 is 0 Å². The largest absolute Gasteiger partial charge is 0.220 e. The molecule has 23 heavy (non-hydrogen) atoms. The number of hydrazone groups is 1. The highest BCUT2D eigenvalue weighted by Gasteiger charge is 2.35. The second-order valence-electron chi connectivity index (χ2n) is 5.59. The van der Waals surface area contributed by atoms with Crippen LogP contribution in [0.4, 0.5) is 5.69 Å². The molecule has 1 atom stereocenters. The van der Waals surface area contributed by atoms with Crippen LogP contribution >= 0.6 is 0 Å². The van der Waals surface area contributed by atoms with E-state index in [1.54, 1.807) is 9.80 Å². The van der Waals surface area contributed by atoms with Crippen molar-refractivity contribution >= 4 is 11.9 Å². The van der Waals surface area contributed by atoms with Crippen LogP contribution in [0.5, 0.6) is 0 Å². The Balaban J connectivity index is 1.60. The van der Waals surface area contributed by atoms with Gasteiger partial charge in [0.2, 0.25) is 0 Å². The van der Waals surface area contributed by atoms with Crippen molar-refractivity contribution in [2.24, 2.45) is 5.10 Å². The molecule has 2 heterocycles. The molecule has 0 amide bonds. The SMILES string of the molecule is CC1(c2cn(-c3ccccc3)nn2)C=NN(c2ccccc2)N1.